The van der Waals surface area contributed by atoms with Gasteiger partial charge in [0.25, 0.3) is 0 Å². The molecule has 2 rings (SSSR count). The Hall–Kier alpha value is -2.03. The molecule has 1 aromatic carbocycles. The highest BCUT2D eigenvalue weighted by molar-refractivity contribution is 5.58. The van der Waals surface area contributed by atoms with Gasteiger partial charge < -0.3 is 11.1 Å². The number of nitrogen functional groups attached to an aromatic ring is 1. The molecule has 1 aromatic heterocycles. The van der Waals surface area contributed by atoms with E-state index >= 15 is 0 Å². The van der Waals surface area contributed by atoms with Gasteiger partial charge in [-0.05, 0) is 36.2 Å². The minimum absolute atomic E-state index is 0.760. The molecular weight excluding hydrogens is 198 g/mol. The van der Waals surface area contributed by atoms with Gasteiger partial charge >= 0.3 is 0 Å². The van der Waals surface area contributed by atoms with Crippen LogP contribution in [0.5, 0.6) is 0 Å². The molecule has 0 bridgehead atoms. The van der Waals surface area contributed by atoms with Crippen molar-refractivity contribution in [2.75, 3.05) is 11.1 Å². The number of rotatable bonds is 3. The number of nitrogens with zero attached hydrogens (tertiary/aromatic N) is 1. The lowest BCUT2D eigenvalue weighted by molar-refractivity contribution is 1.11. The largest absolute Gasteiger partial charge is 0.398 e. The molecule has 16 heavy (non-hydrogen) atoms. The van der Waals surface area contributed by atoms with E-state index in [-0.39, 0.29) is 0 Å². The molecule has 3 nitrogen and oxygen atoms in total. The van der Waals surface area contributed by atoms with Crippen molar-refractivity contribution in [3.05, 3.63) is 53.9 Å². The third-order valence-corrected chi connectivity index (χ3v) is 2.50. The molecule has 0 atom stereocenters. The van der Waals surface area contributed by atoms with Crippen molar-refractivity contribution in [3.63, 3.8) is 0 Å². The number of anilines is 2. The van der Waals surface area contributed by atoms with Gasteiger partial charge in [-0.25, -0.2) is 0 Å². The fourth-order valence-electron chi connectivity index (χ4n) is 1.46. The predicted octanol–water partition coefficient (Wildman–Crippen LogP) is 2.58. The average Bonchev–Trinajstić information content (AvgIpc) is 2.32. The predicted molar refractivity (Wildman–Crippen MR) is 67.2 cm³/mol. The molecule has 0 radical (unpaired) electrons. The average molecular weight is 213 g/mol. The fourth-order valence-corrected chi connectivity index (χ4v) is 1.46. The molecule has 3 N–H and O–H groups in total. The zero-order chi connectivity index (χ0) is 11.4. The fraction of sp³-hybridized carbons (Fsp3) is 0.154. The Morgan fingerprint density at radius 3 is 2.88 bits per heavy atom. The first-order valence-electron chi connectivity index (χ1n) is 5.24. The highest BCUT2D eigenvalue weighted by Gasteiger charge is 1.97. The topological polar surface area (TPSA) is 50.9 Å². The van der Waals surface area contributed by atoms with Gasteiger partial charge in [-0.1, -0.05) is 12.1 Å². The maximum Gasteiger partial charge on any atom is 0.0416 e. The first kappa shape index (κ1) is 10.5. The monoisotopic (exact) mass is 213 g/mol. The van der Waals surface area contributed by atoms with Crippen LogP contribution in [0.2, 0.25) is 0 Å². The van der Waals surface area contributed by atoms with Gasteiger partial charge in [0.1, 0.15) is 0 Å². The maximum absolute atomic E-state index is 5.84. The molecule has 0 aliphatic carbocycles. The van der Waals surface area contributed by atoms with Gasteiger partial charge in [0.05, 0.1) is 0 Å². The van der Waals surface area contributed by atoms with Crippen LogP contribution in [0.3, 0.4) is 0 Å². The van der Waals surface area contributed by atoms with E-state index in [1.54, 1.807) is 6.20 Å². The van der Waals surface area contributed by atoms with E-state index in [2.05, 4.69) is 10.3 Å². The molecule has 0 amide bonds. The summed E-state index contributed by atoms with van der Waals surface area (Å²) in [6, 6.07) is 9.97. The molecule has 0 fully saturated rings. The third-order valence-electron chi connectivity index (χ3n) is 2.50. The second-order valence-electron chi connectivity index (χ2n) is 3.79. The number of aryl methyl sites for hydroxylation is 1. The first-order chi connectivity index (χ1) is 7.75. The third kappa shape index (κ3) is 2.51. The van der Waals surface area contributed by atoms with E-state index in [4.69, 9.17) is 5.73 Å². The summed E-state index contributed by atoms with van der Waals surface area (Å²) < 4.78 is 0. The molecule has 0 aliphatic rings. The lowest BCUT2D eigenvalue weighted by Gasteiger charge is -2.08. The lowest BCUT2D eigenvalue weighted by Crippen LogP contribution is -2.00. The van der Waals surface area contributed by atoms with Crippen LogP contribution in [0.15, 0.2) is 42.7 Å². The van der Waals surface area contributed by atoms with Crippen LogP contribution in [0, 0.1) is 6.92 Å². The molecule has 82 valence electrons. The quantitative estimate of drug-likeness (QED) is 0.770. The summed E-state index contributed by atoms with van der Waals surface area (Å²) in [5.41, 5.74) is 9.95. The summed E-state index contributed by atoms with van der Waals surface area (Å²) in [6.45, 7) is 2.76. The smallest absolute Gasteiger partial charge is 0.0416 e. The van der Waals surface area contributed by atoms with Crippen LogP contribution in [-0.2, 0) is 6.54 Å². The minimum Gasteiger partial charge on any atom is -0.398 e. The second kappa shape index (κ2) is 4.66. The molecular formula is C13H15N3. The molecule has 0 aliphatic heterocycles. The van der Waals surface area contributed by atoms with Gasteiger partial charge in [-0.2, -0.15) is 0 Å². The van der Waals surface area contributed by atoms with Gasteiger partial charge in [-0.3, -0.25) is 4.98 Å². The molecule has 3 heteroatoms. The minimum atomic E-state index is 0.760. The molecule has 0 spiro atoms. The van der Waals surface area contributed by atoms with Crippen LogP contribution < -0.4 is 11.1 Å². The summed E-state index contributed by atoms with van der Waals surface area (Å²) in [7, 11) is 0. The van der Waals surface area contributed by atoms with Gasteiger partial charge in [-0.15, -0.1) is 0 Å². The van der Waals surface area contributed by atoms with Crippen LogP contribution in [0.25, 0.3) is 0 Å². The lowest BCUT2D eigenvalue weighted by atomic mass is 10.2. The first-order valence-corrected chi connectivity index (χ1v) is 5.24. The molecule has 0 saturated carbocycles. The van der Waals surface area contributed by atoms with Gasteiger partial charge in [0.15, 0.2) is 0 Å². The van der Waals surface area contributed by atoms with E-state index < -0.39 is 0 Å². The van der Waals surface area contributed by atoms with E-state index in [0.29, 0.717) is 0 Å². The number of pyridine rings is 1. The van der Waals surface area contributed by atoms with Crippen molar-refractivity contribution in [2.45, 2.75) is 13.5 Å². The number of aromatic nitrogens is 1. The van der Waals surface area contributed by atoms with Crippen molar-refractivity contribution in [1.82, 2.24) is 4.98 Å². The van der Waals surface area contributed by atoms with Crippen molar-refractivity contribution in [1.29, 1.82) is 0 Å². The van der Waals surface area contributed by atoms with Crippen LogP contribution in [0.4, 0.5) is 11.4 Å². The van der Waals surface area contributed by atoms with Crippen molar-refractivity contribution >= 4 is 11.4 Å². The molecule has 0 unspecified atom stereocenters. The number of nitrogens with two attached hydrogens (primary N) is 1. The second-order valence-corrected chi connectivity index (χ2v) is 3.79. The van der Waals surface area contributed by atoms with Gasteiger partial charge in [0.2, 0.25) is 0 Å². The summed E-state index contributed by atoms with van der Waals surface area (Å²) >= 11 is 0. The van der Waals surface area contributed by atoms with Crippen LogP contribution in [-0.4, -0.2) is 4.98 Å². The highest BCUT2D eigenvalue weighted by Crippen LogP contribution is 2.17. The summed E-state index contributed by atoms with van der Waals surface area (Å²) in [5, 5.41) is 3.31. The highest BCUT2D eigenvalue weighted by atomic mass is 14.9. The summed E-state index contributed by atoms with van der Waals surface area (Å²) in [5.74, 6) is 0. The van der Waals surface area contributed by atoms with Crippen LogP contribution in [0.1, 0.15) is 11.1 Å². The van der Waals surface area contributed by atoms with E-state index in [1.807, 2.05) is 43.5 Å². The molecule has 2 aromatic rings. The number of hydrogen-bond acceptors (Lipinski definition) is 3. The normalized spacial score (nSPS) is 10.1. The van der Waals surface area contributed by atoms with Crippen molar-refractivity contribution in [2.24, 2.45) is 0 Å². The Morgan fingerprint density at radius 2 is 2.19 bits per heavy atom. The maximum atomic E-state index is 5.84. The zero-order valence-corrected chi connectivity index (χ0v) is 9.27. The van der Waals surface area contributed by atoms with E-state index in [0.717, 1.165) is 29.0 Å². The number of hydrogen-bond donors (Lipinski definition) is 2. The number of benzene rings is 1. The zero-order valence-electron chi connectivity index (χ0n) is 9.27. The van der Waals surface area contributed by atoms with E-state index in [1.165, 1.54) is 0 Å². The summed E-state index contributed by atoms with van der Waals surface area (Å²) in [4.78, 5) is 4.06. The Kier molecular flexibility index (Phi) is 3.05. The van der Waals surface area contributed by atoms with E-state index in [9.17, 15) is 0 Å². The number of nitrogens with one attached hydrogen (secondary N) is 1. The van der Waals surface area contributed by atoms with Crippen LogP contribution >= 0.6 is 0 Å². The molecule has 1 heterocycles. The Balaban J connectivity index is 2.03. The molecule has 0 saturated heterocycles. The van der Waals surface area contributed by atoms with Gasteiger partial charge in [0, 0.05) is 30.3 Å². The summed E-state index contributed by atoms with van der Waals surface area (Å²) in [6.07, 6.45) is 3.62. The SMILES string of the molecule is Cc1ccc(NCc2cccnc2)cc1N. The Bertz CT molecular complexity index is 466. The van der Waals surface area contributed by atoms with Crippen molar-refractivity contribution < 1.29 is 0 Å². The Morgan fingerprint density at radius 1 is 1.31 bits per heavy atom. The van der Waals surface area contributed by atoms with Crippen molar-refractivity contribution in [3.8, 4) is 0 Å². The Labute approximate surface area is 95.3 Å². The standard InChI is InChI=1S/C13H15N3/c1-10-4-5-12(7-13(10)14)16-9-11-3-2-6-15-8-11/h2-8,16H,9,14H2,1H3.